The third kappa shape index (κ3) is 5.03. The van der Waals surface area contributed by atoms with Gasteiger partial charge in [-0.1, -0.05) is 60.7 Å². The molecule has 1 saturated heterocycles. The van der Waals surface area contributed by atoms with Gasteiger partial charge in [-0.25, -0.2) is 0 Å². The van der Waals surface area contributed by atoms with E-state index in [9.17, 15) is 5.11 Å². The molecule has 25 heavy (non-hydrogen) atoms. The van der Waals surface area contributed by atoms with Crippen LogP contribution in [0.15, 0.2) is 60.7 Å². The molecular weight excluding hydrogens is 425 g/mol. The number of halogens is 1. The molecule has 1 aliphatic rings. The monoisotopic (exact) mass is 453 g/mol. The van der Waals surface area contributed by atoms with E-state index in [0.29, 0.717) is 6.61 Å². The fourth-order valence-corrected chi connectivity index (χ4v) is 3.41. The normalized spacial score (nSPS) is 17.7. The van der Waals surface area contributed by atoms with Crippen LogP contribution in [0.2, 0.25) is 0 Å². The minimum atomic E-state index is -1.11. The van der Waals surface area contributed by atoms with Gasteiger partial charge in [0.05, 0.1) is 39.9 Å². The molecule has 0 atom stereocenters. The summed E-state index contributed by atoms with van der Waals surface area (Å²) < 4.78 is 7.25. The fraction of sp³-hybridized carbons (Fsp3) is 0.429. The first kappa shape index (κ1) is 20.4. The summed E-state index contributed by atoms with van der Waals surface area (Å²) in [6.45, 7) is 2.54. The lowest BCUT2D eigenvalue weighted by Crippen LogP contribution is -3.00. The van der Waals surface area contributed by atoms with Crippen molar-refractivity contribution in [1.29, 1.82) is 0 Å². The van der Waals surface area contributed by atoms with E-state index in [2.05, 4.69) is 14.1 Å². The molecule has 3 nitrogen and oxygen atoms in total. The number of benzene rings is 2. The molecule has 2 aromatic rings. The molecule has 0 saturated carbocycles. The third-order valence-corrected chi connectivity index (χ3v) is 5.14. The quantitative estimate of drug-likeness (QED) is 0.518. The van der Waals surface area contributed by atoms with E-state index in [0.717, 1.165) is 41.5 Å². The Labute approximate surface area is 168 Å². The minimum Gasteiger partial charge on any atom is -1.00 e. The van der Waals surface area contributed by atoms with Gasteiger partial charge < -0.3 is 38.3 Å². The zero-order chi connectivity index (χ0) is 17.0. The molecule has 2 aromatic carbocycles. The summed E-state index contributed by atoms with van der Waals surface area (Å²) in [5, 5.41) is 11.5. The number of rotatable bonds is 5. The number of piperidine rings is 1. The van der Waals surface area contributed by atoms with Gasteiger partial charge in [-0.15, -0.1) is 0 Å². The van der Waals surface area contributed by atoms with Gasteiger partial charge in [0, 0.05) is 12.8 Å². The summed E-state index contributed by atoms with van der Waals surface area (Å²) in [6, 6.07) is 19.7. The molecule has 0 amide bonds. The molecule has 1 N–H and O–H groups in total. The van der Waals surface area contributed by atoms with Crippen LogP contribution >= 0.6 is 0 Å². The molecule has 3 rings (SSSR count). The highest BCUT2D eigenvalue weighted by Crippen LogP contribution is 2.31. The predicted molar refractivity (Wildman–Crippen MR) is 96.7 cm³/mol. The second-order valence-electron chi connectivity index (χ2n) is 7.49. The summed E-state index contributed by atoms with van der Waals surface area (Å²) in [7, 11) is 4.53. The van der Waals surface area contributed by atoms with E-state index in [4.69, 9.17) is 4.74 Å². The number of hydrogen-bond donors (Lipinski definition) is 1. The van der Waals surface area contributed by atoms with Gasteiger partial charge in [-0.05, 0) is 11.1 Å². The molecule has 1 heterocycles. The van der Waals surface area contributed by atoms with Crippen LogP contribution in [-0.2, 0) is 10.3 Å². The van der Waals surface area contributed by atoms with Crippen LogP contribution < -0.4 is 24.0 Å². The van der Waals surface area contributed by atoms with Crippen molar-refractivity contribution in [2.45, 2.75) is 24.5 Å². The Balaban J connectivity index is 0.00000225. The Morgan fingerprint density at radius 2 is 1.36 bits per heavy atom. The van der Waals surface area contributed by atoms with Crippen molar-refractivity contribution in [2.75, 3.05) is 33.8 Å². The van der Waals surface area contributed by atoms with E-state index < -0.39 is 5.60 Å². The van der Waals surface area contributed by atoms with E-state index in [1.165, 1.54) is 0 Å². The molecule has 1 aliphatic heterocycles. The van der Waals surface area contributed by atoms with Crippen molar-refractivity contribution >= 4 is 0 Å². The number of ether oxygens (including phenoxy) is 1. The predicted octanol–water partition coefficient (Wildman–Crippen LogP) is 0.182. The molecule has 1 fully saturated rings. The van der Waals surface area contributed by atoms with Crippen molar-refractivity contribution < 1.29 is 38.3 Å². The maximum atomic E-state index is 11.5. The van der Waals surface area contributed by atoms with Crippen molar-refractivity contribution in [1.82, 2.24) is 0 Å². The first-order valence-corrected chi connectivity index (χ1v) is 8.77. The van der Waals surface area contributed by atoms with Crippen LogP contribution in [0.3, 0.4) is 0 Å². The van der Waals surface area contributed by atoms with Gasteiger partial charge in [0.2, 0.25) is 0 Å². The second-order valence-corrected chi connectivity index (χ2v) is 7.49. The van der Waals surface area contributed by atoms with E-state index in [1.54, 1.807) is 0 Å². The van der Waals surface area contributed by atoms with Gasteiger partial charge in [0.1, 0.15) is 5.60 Å². The molecular formula is C21H28INO2. The van der Waals surface area contributed by atoms with Crippen LogP contribution in [0, 0.1) is 0 Å². The maximum absolute atomic E-state index is 11.5. The standard InChI is InChI=1S/C21H28NO2.HI/c1-22(2)15-13-20(14-16-22)24-17-21(23,18-9-5-3-6-10-18)19-11-7-4-8-12-19;/h3-12,20,23H,13-17H2,1-2H3;1H/q+1;/p-1. The number of quaternary nitrogens is 1. The van der Waals surface area contributed by atoms with Crippen LogP contribution in [-0.4, -0.2) is 49.5 Å². The van der Waals surface area contributed by atoms with Gasteiger partial charge in [-0.3, -0.25) is 0 Å². The van der Waals surface area contributed by atoms with Crippen molar-refractivity contribution in [3.05, 3.63) is 71.8 Å². The third-order valence-electron chi connectivity index (χ3n) is 5.14. The Bertz CT molecular complexity index is 596. The first-order valence-electron chi connectivity index (χ1n) is 8.77. The SMILES string of the molecule is C[N+]1(C)CCC(OCC(O)(c2ccccc2)c2ccccc2)CC1.[I-]. The summed E-state index contributed by atoms with van der Waals surface area (Å²) in [5.41, 5.74) is 0.649. The number of nitrogens with zero attached hydrogens (tertiary/aromatic N) is 1. The van der Waals surface area contributed by atoms with Crippen LogP contribution in [0.1, 0.15) is 24.0 Å². The second kappa shape index (κ2) is 8.62. The van der Waals surface area contributed by atoms with Crippen molar-refractivity contribution in [3.63, 3.8) is 0 Å². The Morgan fingerprint density at radius 1 is 0.920 bits per heavy atom. The lowest BCUT2D eigenvalue weighted by atomic mass is 9.87. The van der Waals surface area contributed by atoms with Gasteiger partial charge in [-0.2, -0.15) is 0 Å². The smallest absolute Gasteiger partial charge is 0.138 e. The summed E-state index contributed by atoms with van der Waals surface area (Å²) in [4.78, 5) is 0. The highest BCUT2D eigenvalue weighted by Gasteiger charge is 2.34. The highest BCUT2D eigenvalue weighted by molar-refractivity contribution is 5.36. The van der Waals surface area contributed by atoms with Gasteiger partial charge in [0.25, 0.3) is 0 Å². The summed E-state index contributed by atoms with van der Waals surface area (Å²) >= 11 is 0. The number of hydrogen-bond acceptors (Lipinski definition) is 2. The lowest BCUT2D eigenvalue weighted by molar-refractivity contribution is -0.896. The lowest BCUT2D eigenvalue weighted by Gasteiger charge is -2.38. The Morgan fingerprint density at radius 3 is 1.80 bits per heavy atom. The fourth-order valence-electron chi connectivity index (χ4n) is 3.41. The zero-order valence-electron chi connectivity index (χ0n) is 15.1. The van der Waals surface area contributed by atoms with Crippen LogP contribution in [0.5, 0.6) is 0 Å². The Hall–Kier alpha value is -0.950. The number of aliphatic hydroxyl groups is 1. The average molecular weight is 453 g/mol. The van der Waals surface area contributed by atoms with E-state index >= 15 is 0 Å². The molecule has 136 valence electrons. The summed E-state index contributed by atoms with van der Waals surface area (Å²) in [5.74, 6) is 0. The molecule has 0 aromatic heterocycles. The largest absolute Gasteiger partial charge is 1.00 e. The highest BCUT2D eigenvalue weighted by atomic mass is 127. The molecule has 0 bridgehead atoms. The number of likely N-dealkylation sites (tertiary alicyclic amines) is 1. The van der Waals surface area contributed by atoms with Crippen LogP contribution in [0.25, 0.3) is 0 Å². The zero-order valence-corrected chi connectivity index (χ0v) is 17.2. The van der Waals surface area contributed by atoms with Crippen molar-refractivity contribution in [3.8, 4) is 0 Å². The van der Waals surface area contributed by atoms with Gasteiger partial charge >= 0.3 is 0 Å². The molecule has 0 unspecified atom stereocenters. The average Bonchev–Trinajstić information content (AvgIpc) is 2.62. The molecule has 0 radical (unpaired) electrons. The first-order chi connectivity index (χ1) is 11.5. The Kier molecular flexibility index (Phi) is 7.02. The molecule has 0 aliphatic carbocycles. The maximum Gasteiger partial charge on any atom is 0.138 e. The van der Waals surface area contributed by atoms with Crippen molar-refractivity contribution in [2.24, 2.45) is 0 Å². The van der Waals surface area contributed by atoms with E-state index in [1.807, 2.05) is 60.7 Å². The molecule has 0 spiro atoms. The molecule has 4 heteroatoms. The van der Waals surface area contributed by atoms with Gasteiger partial charge in [0.15, 0.2) is 0 Å². The minimum absolute atomic E-state index is 0. The van der Waals surface area contributed by atoms with Crippen LogP contribution in [0.4, 0.5) is 0 Å². The topological polar surface area (TPSA) is 29.5 Å². The van der Waals surface area contributed by atoms with E-state index in [-0.39, 0.29) is 30.1 Å². The summed E-state index contributed by atoms with van der Waals surface area (Å²) in [6.07, 6.45) is 2.33.